The van der Waals surface area contributed by atoms with Gasteiger partial charge in [-0.25, -0.2) is 0 Å². The van der Waals surface area contributed by atoms with Gasteiger partial charge in [0.1, 0.15) is 11.2 Å². The highest BCUT2D eigenvalue weighted by Gasteiger charge is 2.40. The number of rotatable bonds is 5. The molecule has 1 aromatic heterocycles. The second-order valence-electron chi connectivity index (χ2n) is 17.8. The van der Waals surface area contributed by atoms with E-state index < -0.39 is 0 Å². The number of hydrogen-bond donors (Lipinski definition) is 0. The van der Waals surface area contributed by atoms with E-state index in [2.05, 4.69) is 212 Å². The summed E-state index contributed by atoms with van der Waals surface area (Å²) in [5, 5.41) is 2.41. The van der Waals surface area contributed by atoms with E-state index in [1.54, 1.807) is 0 Å². The minimum atomic E-state index is -0.215. The molecule has 0 radical (unpaired) electrons. The Morgan fingerprint density at radius 2 is 1.02 bits per heavy atom. The summed E-state index contributed by atoms with van der Waals surface area (Å²) in [6.07, 6.45) is 0. The van der Waals surface area contributed by atoms with E-state index in [9.17, 15) is 0 Å². The maximum Gasteiger partial charge on any atom is 0.139 e. The predicted octanol–water partition coefficient (Wildman–Crippen LogP) is 15.3. The van der Waals surface area contributed by atoms with E-state index in [4.69, 9.17) is 4.42 Å². The maximum absolute atomic E-state index is 6.95. The van der Waals surface area contributed by atoms with Crippen LogP contribution in [0, 0.1) is 0 Å². The molecule has 1 aliphatic rings. The van der Waals surface area contributed by atoms with Gasteiger partial charge >= 0.3 is 0 Å². The van der Waals surface area contributed by atoms with Crippen LogP contribution in [0.15, 0.2) is 156 Å². The zero-order valence-electron chi connectivity index (χ0n) is 33.3. The van der Waals surface area contributed by atoms with Crippen molar-refractivity contribution in [2.45, 2.75) is 71.6 Å². The minimum absolute atomic E-state index is 0.0211. The maximum atomic E-state index is 6.95. The lowest BCUT2D eigenvalue weighted by molar-refractivity contribution is 0.559. The fraction of sp³-hybridized carbons (Fsp3) is 0.208. The van der Waals surface area contributed by atoms with E-state index in [0.29, 0.717) is 0 Å². The Balaban J connectivity index is 1.32. The molecular weight excluding hydrogens is 667 g/mol. The smallest absolute Gasteiger partial charge is 0.139 e. The second kappa shape index (κ2) is 12.6. The van der Waals surface area contributed by atoms with Crippen molar-refractivity contribution in [3.05, 3.63) is 174 Å². The fourth-order valence-corrected chi connectivity index (χ4v) is 8.69. The SMILES string of the molecule is CC(C)(C)c1cc(C(C)(C)C)c2oc3ccc4c(c3c2c1)-c1c(N(c2ccc(-c3ccccc3)cc2)c2ccc(-c3ccccc3)cc2)cccc1C4(C)C. The Kier molecular flexibility index (Phi) is 7.99. The van der Waals surface area contributed by atoms with Crippen molar-refractivity contribution in [2.24, 2.45) is 0 Å². The van der Waals surface area contributed by atoms with Gasteiger partial charge in [0.05, 0.1) is 5.69 Å². The molecule has 272 valence electrons. The van der Waals surface area contributed by atoms with Gasteiger partial charge in [0.15, 0.2) is 0 Å². The van der Waals surface area contributed by atoms with Crippen molar-refractivity contribution in [2.75, 3.05) is 4.90 Å². The van der Waals surface area contributed by atoms with Gasteiger partial charge in [-0.2, -0.15) is 0 Å². The number of benzene rings is 7. The molecule has 8 aromatic rings. The molecule has 0 saturated heterocycles. The molecule has 2 heteroatoms. The molecule has 2 nitrogen and oxygen atoms in total. The Morgan fingerprint density at radius 1 is 0.491 bits per heavy atom. The zero-order chi connectivity index (χ0) is 38.3. The average Bonchev–Trinajstić information content (AvgIpc) is 3.67. The fourth-order valence-electron chi connectivity index (χ4n) is 8.69. The number of furan rings is 1. The number of anilines is 3. The molecular formula is C53H49NO. The van der Waals surface area contributed by atoms with Crippen LogP contribution < -0.4 is 4.90 Å². The van der Waals surface area contributed by atoms with Crippen LogP contribution in [0.3, 0.4) is 0 Å². The van der Waals surface area contributed by atoms with Crippen LogP contribution in [-0.4, -0.2) is 0 Å². The lowest BCUT2D eigenvalue weighted by atomic mass is 9.79. The summed E-state index contributed by atoms with van der Waals surface area (Å²) in [4.78, 5) is 2.45. The highest BCUT2D eigenvalue weighted by Crippen LogP contribution is 2.58. The van der Waals surface area contributed by atoms with Crippen LogP contribution in [0.5, 0.6) is 0 Å². The molecule has 0 spiro atoms. The Hall–Kier alpha value is -5.86. The Morgan fingerprint density at radius 3 is 1.55 bits per heavy atom. The molecule has 55 heavy (non-hydrogen) atoms. The van der Waals surface area contributed by atoms with Crippen molar-refractivity contribution in [3.8, 4) is 33.4 Å². The van der Waals surface area contributed by atoms with Gasteiger partial charge in [-0.3, -0.25) is 0 Å². The standard InChI is InChI=1S/C53H49NO/c1-51(2,3)38-32-41-47-46(55-50(41)44(33-38)52(4,5)6)31-30-43-49(47)48-42(53(43,7)8)20-15-21-45(48)54(39-26-22-36(23-27-39)34-16-11-9-12-17-34)40-28-24-37(25-29-40)35-18-13-10-14-19-35/h9-33H,1-8H3. The van der Waals surface area contributed by atoms with Crippen molar-refractivity contribution in [1.82, 2.24) is 0 Å². The number of nitrogens with zero attached hydrogens (tertiary/aromatic N) is 1. The summed E-state index contributed by atoms with van der Waals surface area (Å²) < 4.78 is 6.95. The molecule has 7 aromatic carbocycles. The lowest BCUT2D eigenvalue weighted by Gasteiger charge is -2.29. The summed E-state index contributed by atoms with van der Waals surface area (Å²) in [5.41, 5.74) is 17.6. The molecule has 0 aliphatic heterocycles. The van der Waals surface area contributed by atoms with E-state index in [0.717, 1.165) is 28.2 Å². The predicted molar refractivity (Wildman–Crippen MR) is 234 cm³/mol. The highest BCUT2D eigenvalue weighted by molar-refractivity contribution is 6.17. The molecule has 0 N–H and O–H groups in total. The summed E-state index contributed by atoms with van der Waals surface area (Å²) >= 11 is 0. The second-order valence-corrected chi connectivity index (χ2v) is 17.8. The quantitative estimate of drug-likeness (QED) is 0.176. The summed E-state index contributed by atoms with van der Waals surface area (Å²) in [7, 11) is 0. The van der Waals surface area contributed by atoms with Crippen LogP contribution in [-0.2, 0) is 16.2 Å². The zero-order valence-corrected chi connectivity index (χ0v) is 33.3. The van der Waals surface area contributed by atoms with Crippen LogP contribution in [0.2, 0.25) is 0 Å². The van der Waals surface area contributed by atoms with E-state index in [-0.39, 0.29) is 16.2 Å². The number of hydrogen-bond acceptors (Lipinski definition) is 2. The molecule has 1 aliphatic carbocycles. The van der Waals surface area contributed by atoms with Gasteiger partial charge in [0.25, 0.3) is 0 Å². The average molecular weight is 716 g/mol. The molecule has 0 atom stereocenters. The van der Waals surface area contributed by atoms with Crippen LogP contribution >= 0.6 is 0 Å². The van der Waals surface area contributed by atoms with Crippen molar-refractivity contribution < 1.29 is 4.42 Å². The molecule has 1 heterocycles. The first-order chi connectivity index (χ1) is 26.3. The van der Waals surface area contributed by atoms with Gasteiger partial charge in [-0.05, 0) is 97.8 Å². The monoisotopic (exact) mass is 715 g/mol. The Labute approximate surface area is 326 Å². The van der Waals surface area contributed by atoms with E-state index >= 15 is 0 Å². The third-order valence-corrected chi connectivity index (χ3v) is 11.8. The summed E-state index contributed by atoms with van der Waals surface area (Å²) in [6.45, 7) is 18.6. The molecule has 0 saturated carbocycles. The van der Waals surface area contributed by atoms with Gasteiger partial charge in [-0.1, -0.05) is 165 Å². The highest BCUT2D eigenvalue weighted by atomic mass is 16.3. The third-order valence-electron chi connectivity index (χ3n) is 11.8. The first-order valence-corrected chi connectivity index (χ1v) is 19.6. The first kappa shape index (κ1) is 34.9. The van der Waals surface area contributed by atoms with Crippen molar-refractivity contribution >= 4 is 39.0 Å². The van der Waals surface area contributed by atoms with Crippen molar-refractivity contribution in [3.63, 3.8) is 0 Å². The lowest BCUT2D eigenvalue weighted by Crippen LogP contribution is -2.16. The van der Waals surface area contributed by atoms with Crippen LogP contribution in [0.1, 0.15) is 77.6 Å². The molecule has 0 unspecified atom stereocenters. The van der Waals surface area contributed by atoms with E-state index in [1.165, 1.54) is 66.4 Å². The number of fused-ring (bicyclic) bond motifs is 7. The van der Waals surface area contributed by atoms with Gasteiger partial charge in [0, 0.05) is 38.7 Å². The summed E-state index contributed by atoms with van der Waals surface area (Å²) in [6, 6.07) is 55.6. The molecule has 0 fully saturated rings. The minimum Gasteiger partial charge on any atom is -0.456 e. The van der Waals surface area contributed by atoms with Crippen molar-refractivity contribution in [1.29, 1.82) is 0 Å². The summed E-state index contributed by atoms with van der Waals surface area (Å²) in [5.74, 6) is 0. The molecule has 9 rings (SSSR count). The van der Waals surface area contributed by atoms with Gasteiger partial charge in [0.2, 0.25) is 0 Å². The normalized spacial score (nSPS) is 13.6. The topological polar surface area (TPSA) is 16.4 Å². The van der Waals surface area contributed by atoms with E-state index in [1.807, 2.05) is 0 Å². The van der Waals surface area contributed by atoms with Crippen LogP contribution in [0.4, 0.5) is 17.1 Å². The van der Waals surface area contributed by atoms with Crippen LogP contribution in [0.25, 0.3) is 55.3 Å². The van der Waals surface area contributed by atoms with Gasteiger partial charge in [-0.15, -0.1) is 0 Å². The molecule has 0 amide bonds. The largest absolute Gasteiger partial charge is 0.456 e. The Bertz CT molecular complexity index is 2620. The van der Waals surface area contributed by atoms with Gasteiger partial charge < -0.3 is 9.32 Å². The third kappa shape index (κ3) is 5.78. The molecule has 0 bridgehead atoms. The first-order valence-electron chi connectivity index (χ1n) is 19.6.